The van der Waals surface area contributed by atoms with Crippen LogP contribution in [0.5, 0.6) is 0 Å². The molecule has 0 spiro atoms. The van der Waals surface area contributed by atoms with E-state index in [0.29, 0.717) is 6.42 Å². The molecule has 0 aliphatic heterocycles. The zero-order valence-electron chi connectivity index (χ0n) is 16.8. The molecule has 9 N–H and O–H groups in total. The van der Waals surface area contributed by atoms with E-state index in [4.69, 9.17) is 21.7 Å². The maximum Gasteiger partial charge on any atom is 0.326 e. The smallest absolute Gasteiger partial charge is 0.326 e. The molecule has 0 aromatic carbocycles. The number of carbonyl (C=O) groups is 6. The minimum absolute atomic E-state index is 0.112. The summed E-state index contributed by atoms with van der Waals surface area (Å²) in [5.74, 6) is -5.90. The molecule has 13 heteroatoms. The van der Waals surface area contributed by atoms with E-state index in [0.717, 1.165) is 0 Å². The second kappa shape index (κ2) is 13.1. The topological polar surface area (TPSA) is 231 Å². The lowest BCUT2D eigenvalue weighted by atomic mass is 10.0. The monoisotopic (exact) mass is 431 g/mol. The van der Waals surface area contributed by atoms with Crippen molar-refractivity contribution in [2.45, 2.75) is 57.7 Å². The summed E-state index contributed by atoms with van der Waals surface area (Å²) in [5, 5.41) is 24.1. The lowest BCUT2D eigenvalue weighted by Gasteiger charge is -2.20. The van der Waals surface area contributed by atoms with Gasteiger partial charge < -0.3 is 37.6 Å². The molecule has 0 aliphatic rings. The average molecular weight is 431 g/mol. The molecule has 0 unspecified atom stereocenters. The number of carboxylic acid groups (broad SMARTS) is 2. The number of hydrogen-bond acceptors (Lipinski definition) is 7. The Morgan fingerprint density at radius 2 is 1.53 bits per heavy atom. The van der Waals surface area contributed by atoms with Crippen LogP contribution in [0.1, 0.15) is 39.5 Å². The Morgan fingerprint density at radius 3 is 2.00 bits per heavy atom. The Labute approximate surface area is 172 Å². The lowest BCUT2D eigenvalue weighted by Crippen LogP contribution is -2.54. The van der Waals surface area contributed by atoms with Crippen molar-refractivity contribution in [3.05, 3.63) is 0 Å². The first-order valence-corrected chi connectivity index (χ1v) is 9.19. The van der Waals surface area contributed by atoms with Gasteiger partial charge in [-0.1, -0.05) is 13.8 Å². The molecule has 170 valence electrons. The van der Waals surface area contributed by atoms with Gasteiger partial charge in [-0.05, 0) is 18.8 Å². The van der Waals surface area contributed by atoms with Crippen molar-refractivity contribution in [3.8, 4) is 0 Å². The van der Waals surface area contributed by atoms with Gasteiger partial charge in [0.15, 0.2) is 0 Å². The maximum atomic E-state index is 12.2. The zero-order valence-corrected chi connectivity index (χ0v) is 16.8. The summed E-state index contributed by atoms with van der Waals surface area (Å²) in [6.45, 7) is 3.03. The molecule has 3 atom stereocenters. The van der Waals surface area contributed by atoms with Gasteiger partial charge in [0.25, 0.3) is 0 Å². The highest BCUT2D eigenvalue weighted by Gasteiger charge is 2.27. The molecule has 0 heterocycles. The zero-order chi connectivity index (χ0) is 23.4. The van der Waals surface area contributed by atoms with Crippen LogP contribution in [0.3, 0.4) is 0 Å². The van der Waals surface area contributed by atoms with Gasteiger partial charge in [-0.15, -0.1) is 0 Å². The number of nitrogens with two attached hydrogens (primary N) is 2. The van der Waals surface area contributed by atoms with E-state index in [-0.39, 0.29) is 12.3 Å². The van der Waals surface area contributed by atoms with Gasteiger partial charge in [-0.2, -0.15) is 0 Å². The molecule has 13 nitrogen and oxygen atoms in total. The molecular formula is C17H29N5O8. The average Bonchev–Trinajstić information content (AvgIpc) is 2.60. The van der Waals surface area contributed by atoms with Crippen LogP contribution in [0.25, 0.3) is 0 Å². The van der Waals surface area contributed by atoms with Crippen LogP contribution in [0, 0.1) is 5.92 Å². The van der Waals surface area contributed by atoms with Crippen LogP contribution < -0.4 is 27.4 Å². The van der Waals surface area contributed by atoms with Crippen molar-refractivity contribution in [2.24, 2.45) is 17.4 Å². The lowest BCUT2D eigenvalue weighted by molar-refractivity contribution is -0.143. The Morgan fingerprint density at radius 1 is 0.933 bits per heavy atom. The molecule has 0 radical (unpaired) electrons. The molecule has 4 amide bonds. The van der Waals surface area contributed by atoms with Crippen LogP contribution in [-0.4, -0.2) is 70.5 Å². The van der Waals surface area contributed by atoms with Crippen molar-refractivity contribution in [2.75, 3.05) is 6.54 Å². The predicted molar refractivity (Wildman–Crippen MR) is 103 cm³/mol. The number of carboxylic acids is 2. The summed E-state index contributed by atoms with van der Waals surface area (Å²) < 4.78 is 0. The van der Waals surface area contributed by atoms with Gasteiger partial charge in [0.2, 0.25) is 23.6 Å². The van der Waals surface area contributed by atoms with E-state index in [9.17, 15) is 28.8 Å². The highest BCUT2D eigenvalue weighted by atomic mass is 16.4. The third kappa shape index (κ3) is 11.6. The van der Waals surface area contributed by atoms with E-state index in [1.807, 2.05) is 13.8 Å². The van der Waals surface area contributed by atoms with Crippen molar-refractivity contribution in [3.63, 3.8) is 0 Å². The summed E-state index contributed by atoms with van der Waals surface area (Å²) in [7, 11) is 0. The Balaban J connectivity index is 4.85. The normalized spacial score (nSPS) is 13.6. The third-order valence-corrected chi connectivity index (χ3v) is 3.80. The van der Waals surface area contributed by atoms with Crippen molar-refractivity contribution >= 4 is 35.6 Å². The summed E-state index contributed by atoms with van der Waals surface area (Å²) in [6, 6.07) is -3.74. The number of hydrogen-bond donors (Lipinski definition) is 7. The van der Waals surface area contributed by atoms with Gasteiger partial charge in [0.1, 0.15) is 12.1 Å². The van der Waals surface area contributed by atoms with Gasteiger partial charge in [0, 0.05) is 6.42 Å². The maximum absolute atomic E-state index is 12.2. The molecule has 0 fully saturated rings. The molecule has 0 saturated carbocycles. The number of carbonyl (C=O) groups excluding carboxylic acids is 4. The van der Waals surface area contributed by atoms with Crippen LogP contribution in [-0.2, 0) is 28.8 Å². The Hall–Kier alpha value is -3.22. The van der Waals surface area contributed by atoms with Crippen LogP contribution in [0.4, 0.5) is 0 Å². The van der Waals surface area contributed by atoms with Crippen LogP contribution in [0.15, 0.2) is 0 Å². The summed E-state index contributed by atoms with van der Waals surface area (Å²) in [4.78, 5) is 69.0. The van der Waals surface area contributed by atoms with Gasteiger partial charge in [-0.25, -0.2) is 4.79 Å². The van der Waals surface area contributed by atoms with Crippen molar-refractivity contribution in [1.82, 2.24) is 16.0 Å². The van der Waals surface area contributed by atoms with E-state index < -0.39 is 73.1 Å². The largest absolute Gasteiger partial charge is 0.481 e. The van der Waals surface area contributed by atoms with E-state index >= 15 is 0 Å². The van der Waals surface area contributed by atoms with Crippen LogP contribution >= 0.6 is 0 Å². The number of aliphatic carboxylic acids is 2. The quantitative estimate of drug-likeness (QED) is 0.151. The van der Waals surface area contributed by atoms with Crippen molar-refractivity contribution < 1.29 is 39.0 Å². The summed E-state index contributed by atoms with van der Waals surface area (Å²) in [6.07, 6.45) is -1.03. The molecule has 0 saturated heterocycles. The summed E-state index contributed by atoms with van der Waals surface area (Å²) in [5.41, 5.74) is 10.8. The van der Waals surface area contributed by atoms with E-state index in [2.05, 4.69) is 16.0 Å². The minimum atomic E-state index is -1.46. The first-order chi connectivity index (χ1) is 13.8. The highest BCUT2D eigenvalue weighted by Crippen LogP contribution is 2.04. The number of primary amides is 1. The number of amides is 4. The van der Waals surface area contributed by atoms with Gasteiger partial charge >= 0.3 is 11.9 Å². The molecule has 0 aromatic heterocycles. The van der Waals surface area contributed by atoms with E-state index in [1.165, 1.54) is 0 Å². The number of nitrogens with one attached hydrogen (secondary N) is 3. The Kier molecular flexibility index (Phi) is 11.7. The Bertz CT molecular complexity index is 667. The van der Waals surface area contributed by atoms with Crippen molar-refractivity contribution in [1.29, 1.82) is 0 Å². The molecule has 0 bridgehead atoms. The molecule has 0 aliphatic carbocycles. The SMILES string of the molecule is CC(C)C[C@H](N)C(=O)N[C@@H](CC(N)=O)C(=O)NCC(=O)N[C@@H](CCC(=O)O)C(=O)O. The minimum Gasteiger partial charge on any atom is -0.481 e. The first kappa shape index (κ1) is 26.8. The highest BCUT2D eigenvalue weighted by molar-refractivity contribution is 5.95. The van der Waals surface area contributed by atoms with Gasteiger partial charge in [0.05, 0.1) is 19.0 Å². The summed E-state index contributed by atoms with van der Waals surface area (Å²) >= 11 is 0. The number of rotatable bonds is 14. The fraction of sp³-hybridized carbons (Fsp3) is 0.647. The third-order valence-electron chi connectivity index (χ3n) is 3.80. The molecule has 0 rings (SSSR count). The molecular weight excluding hydrogens is 402 g/mol. The van der Waals surface area contributed by atoms with Crippen LogP contribution in [0.2, 0.25) is 0 Å². The first-order valence-electron chi connectivity index (χ1n) is 9.19. The second-order valence-electron chi connectivity index (χ2n) is 7.08. The molecule has 30 heavy (non-hydrogen) atoms. The predicted octanol–water partition coefficient (Wildman–Crippen LogP) is -2.73. The molecule has 0 aromatic rings. The second-order valence-corrected chi connectivity index (χ2v) is 7.08. The standard InChI is InChI=1S/C17H29N5O8/c1-8(2)5-9(18)15(27)22-11(6-12(19)23)16(28)20-7-13(24)21-10(17(29)30)3-4-14(25)26/h8-11H,3-7,18H2,1-2H3,(H2,19,23)(H,20,28)(H,21,24)(H,22,27)(H,25,26)(H,29,30)/t9-,10-,11-/m0/s1. The van der Waals surface area contributed by atoms with Gasteiger partial charge in [-0.3, -0.25) is 24.0 Å². The fourth-order valence-electron chi connectivity index (χ4n) is 2.37. The fourth-order valence-corrected chi connectivity index (χ4v) is 2.37. The van der Waals surface area contributed by atoms with E-state index in [1.54, 1.807) is 0 Å².